The van der Waals surface area contributed by atoms with E-state index in [4.69, 9.17) is 5.73 Å². The quantitative estimate of drug-likeness (QED) is 0.822. The van der Waals surface area contributed by atoms with Gasteiger partial charge < -0.3 is 5.73 Å². The van der Waals surface area contributed by atoms with E-state index in [2.05, 4.69) is 14.3 Å². The molecule has 14 heavy (non-hydrogen) atoms. The average molecular weight is 206 g/mol. The van der Waals surface area contributed by atoms with E-state index >= 15 is 0 Å². The number of aromatic nitrogens is 3. The smallest absolute Gasteiger partial charge is 0.232 e. The summed E-state index contributed by atoms with van der Waals surface area (Å²) in [6.45, 7) is 0. The van der Waals surface area contributed by atoms with E-state index in [1.165, 1.54) is 11.5 Å². The molecule has 5 heteroatoms. The van der Waals surface area contributed by atoms with Gasteiger partial charge in [0.05, 0.1) is 0 Å². The SMILES string of the molecule is Nc1nsc(CCc2ccccn2)n1. The lowest BCUT2D eigenvalue weighted by Gasteiger charge is -1.95. The molecule has 2 N–H and O–H groups in total. The lowest BCUT2D eigenvalue weighted by molar-refractivity contribution is 0.904. The maximum Gasteiger partial charge on any atom is 0.232 e. The minimum atomic E-state index is 0.367. The summed E-state index contributed by atoms with van der Waals surface area (Å²) in [6.07, 6.45) is 3.53. The van der Waals surface area contributed by atoms with Crippen LogP contribution in [0.2, 0.25) is 0 Å². The molecule has 0 spiro atoms. The van der Waals surface area contributed by atoms with Crippen molar-refractivity contribution in [1.82, 2.24) is 14.3 Å². The van der Waals surface area contributed by atoms with Gasteiger partial charge in [0.15, 0.2) is 0 Å². The second kappa shape index (κ2) is 4.15. The van der Waals surface area contributed by atoms with Crippen molar-refractivity contribution >= 4 is 17.5 Å². The first-order chi connectivity index (χ1) is 6.84. The second-order valence-electron chi connectivity index (χ2n) is 2.87. The van der Waals surface area contributed by atoms with Crippen molar-refractivity contribution in [1.29, 1.82) is 0 Å². The van der Waals surface area contributed by atoms with Crippen LogP contribution in [0.25, 0.3) is 0 Å². The monoisotopic (exact) mass is 206 g/mol. The fourth-order valence-corrected chi connectivity index (χ4v) is 1.72. The van der Waals surface area contributed by atoms with Crippen LogP contribution in [0.3, 0.4) is 0 Å². The Morgan fingerprint density at radius 1 is 1.29 bits per heavy atom. The first-order valence-corrected chi connectivity index (χ1v) is 5.10. The van der Waals surface area contributed by atoms with Gasteiger partial charge in [0.1, 0.15) is 5.01 Å². The van der Waals surface area contributed by atoms with Gasteiger partial charge >= 0.3 is 0 Å². The van der Waals surface area contributed by atoms with Crippen molar-refractivity contribution < 1.29 is 0 Å². The third-order valence-electron chi connectivity index (χ3n) is 1.80. The standard InChI is InChI=1S/C9H10N4S/c10-9-12-8(14-13-9)5-4-7-3-1-2-6-11-7/h1-3,6H,4-5H2,(H2,10,13). The van der Waals surface area contributed by atoms with Gasteiger partial charge in [0, 0.05) is 18.3 Å². The van der Waals surface area contributed by atoms with Crippen LogP contribution in [0.5, 0.6) is 0 Å². The lowest BCUT2D eigenvalue weighted by Crippen LogP contribution is -1.93. The molecule has 2 aromatic heterocycles. The molecule has 0 atom stereocenters. The maximum absolute atomic E-state index is 5.42. The average Bonchev–Trinajstić information content (AvgIpc) is 2.63. The van der Waals surface area contributed by atoms with E-state index in [0.29, 0.717) is 5.95 Å². The molecule has 72 valence electrons. The van der Waals surface area contributed by atoms with E-state index in [1.807, 2.05) is 18.2 Å². The maximum atomic E-state index is 5.42. The molecule has 0 saturated carbocycles. The molecule has 0 aliphatic carbocycles. The van der Waals surface area contributed by atoms with Crippen molar-refractivity contribution in [3.8, 4) is 0 Å². The largest absolute Gasteiger partial charge is 0.367 e. The highest BCUT2D eigenvalue weighted by molar-refractivity contribution is 7.05. The van der Waals surface area contributed by atoms with Crippen molar-refractivity contribution in [2.24, 2.45) is 0 Å². The second-order valence-corrected chi connectivity index (χ2v) is 3.70. The van der Waals surface area contributed by atoms with E-state index in [0.717, 1.165) is 23.5 Å². The van der Waals surface area contributed by atoms with Gasteiger partial charge in [0.2, 0.25) is 5.95 Å². The zero-order chi connectivity index (χ0) is 9.80. The molecule has 0 amide bonds. The molecule has 2 heterocycles. The van der Waals surface area contributed by atoms with Crippen LogP contribution in [0.1, 0.15) is 10.7 Å². The summed E-state index contributed by atoms with van der Waals surface area (Å²) in [6, 6.07) is 5.90. The molecular weight excluding hydrogens is 196 g/mol. The molecule has 0 unspecified atom stereocenters. The third-order valence-corrected chi connectivity index (χ3v) is 2.59. The highest BCUT2D eigenvalue weighted by Gasteiger charge is 2.01. The highest BCUT2D eigenvalue weighted by Crippen LogP contribution is 2.08. The topological polar surface area (TPSA) is 64.7 Å². The first kappa shape index (κ1) is 9.08. The summed E-state index contributed by atoms with van der Waals surface area (Å²) in [5, 5.41) is 0.966. The number of hydrogen-bond donors (Lipinski definition) is 1. The highest BCUT2D eigenvalue weighted by atomic mass is 32.1. The predicted molar refractivity (Wildman–Crippen MR) is 56.0 cm³/mol. The fourth-order valence-electron chi connectivity index (χ4n) is 1.15. The molecule has 4 nitrogen and oxygen atoms in total. The number of rotatable bonds is 3. The Bertz CT molecular complexity index is 398. The Morgan fingerprint density at radius 3 is 2.86 bits per heavy atom. The Balaban J connectivity index is 1.95. The van der Waals surface area contributed by atoms with Gasteiger partial charge in [-0.05, 0) is 30.1 Å². The molecule has 2 rings (SSSR count). The van der Waals surface area contributed by atoms with E-state index in [9.17, 15) is 0 Å². The summed E-state index contributed by atoms with van der Waals surface area (Å²) in [5.74, 6) is 0.367. The van der Waals surface area contributed by atoms with Gasteiger partial charge in [-0.25, -0.2) is 4.98 Å². The molecule has 0 radical (unpaired) electrons. The van der Waals surface area contributed by atoms with Gasteiger partial charge in [0.25, 0.3) is 0 Å². The molecule has 0 fully saturated rings. The fraction of sp³-hybridized carbons (Fsp3) is 0.222. The van der Waals surface area contributed by atoms with Crippen LogP contribution in [0, 0.1) is 0 Å². The molecule has 0 saturated heterocycles. The Kier molecular flexibility index (Phi) is 2.69. The summed E-state index contributed by atoms with van der Waals surface area (Å²) < 4.78 is 3.92. The summed E-state index contributed by atoms with van der Waals surface area (Å²) in [7, 11) is 0. The molecular formula is C9H10N4S. The molecule has 2 aromatic rings. The molecule has 0 aliphatic rings. The van der Waals surface area contributed by atoms with E-state index in [1.54, 1.807) is 6.20 Å². The Labute approximate surface area is 86.0 Å². The minimum Gasteiger partial charge on any atom is -0.367 e. The zero-order valence-corrected chi connectivity index (χ0v) is 8.37. The lowest BCUT2D eigenvalue weighted by atomic mass is 10.2. The molecule has 0 bridgehead atoms. The van der Waals surface area contributed by atoms with Gasteiger partial charge in [-0.1, -0.05) is 6.07 Å². The molecule has 0 aliphatic heterocycles. The normalized spacial score (nSPS) is 10.3. The van der Waals surface area contributed by atoms with Gasteiger partial charge in [-0.2, -0.15) is 4.37 Å². The number of nitrogens with two attached hydrogens (primary N) is 1. The van der Waals surface area contributed by atoms with Gasteiger partial charge in [-0.15, -0.1) is 0 Å². The Morgan fingerprint density at radius 2 is 2.21 bits per heavy atom. The van der Waals surface area contributed by atoms with Crippen molar-refractivity contribution in [3.05, 3.63) is 35.1 Å². The number of hydrogen-bond acceptors (Lipinski definition) is 5. The number of anilines is 1. The van der Waals surface area contributed by atoms with E-state index in [-0.39, 0.29) is 0 Å². The number of nitrogens with zero attached hydrogens (tertiary/aromatic N) is 3. The first-order valence-electron chi connectivity index (χ1n) is 4.32. The van der Waals surface area contributed by atoms with Crippen LogP contribution in [-0.4, -0.2) is 14.3 Å². The summed E-state index contributed by atoms with van der Waals surface area (Å²) >= 11 is 1.35. The van der Waals surface area contributed by atoms with Crippen LogP contribution in [0.4, 0.5) is 5.95 Å². The van der Waals surface area contributed by atoms with Crippen LogP contribution in [-0.2, 0) is 12.8 Å². The van der Waals surface area contributed by atoms with Crippen molar-refractivity contribution in [3.63, 3.8) is 0 Å². The van der Waals surface area contributed by atoms with Gasteiger partial charge in [-0.3, -0.25) is 4.98 Å². The van der Waals surface area contributed by atoms with E-state index < -0.39 is 0 Å². The van der Waals surface area contributed by atoms with Crippen molar-refractivity contribution in [2.75, 3.05) is 5.73 Å². The van der Waals surface area contributed by atoms with Crippen LogP contribution >= 0.6 is 11.5 Å². The predicted octanol–water partition coefficient (Wildman–Crippen LogP) is 1.30. The number of aryl methyl sites for hydroxylation is 2. The van der Waals surface area contributed by atoms with Crippen molar-refractivity contribution in [2.45, 2.75) is 12.8 Å². The summed E-state index contributed by atoms with van der Waals surface area (Å²) in [4.78, 5) is 8.31. The molecule has 0 aromatic carbocycles. The third kappa shape index (κ3) is 2.26. The van der Waals surface area contributed by atoms with Crippen LogP contribution in [0.15, 0.2) is 24.4 Å². The zero-order valence-electron chi connectivity index (χ0n) is 7.55. The number of nitrogen functional groups attached to an aromatic ring is 1. The number of pyridine rings is 1. The summed E-state index contributed by atoms with van der Waals surface area (Å²) in [5.41, 5.74) is 6.49. The minimum absolute atomic E-state index is 0.367. The Hall–Kier alpha value is -1.49. The van der Waals surface area contributed by atoms with Crippen LogP contribution < -0.4 is 5.73 Å².